The summed E-state index contributed by atoms with van der Waals surface area (Å²) in [6.45, 7) is 0.820. The fourth-order valence-electron chi connectivity index (χ4n) is 2.41. The summed E-state index contributed by atoms with van der Waals surface area (Å²) in [6.07, 6.45) is 3.22. The minimum absolute atomic E-state index is 0.179. The summed E-state index contributed by atoms with van der Waals surface area (Å²) < 4.78 is 1.85. The average molecular weight is 216 g/mol. The van der Waals surface area contributed by atoms with Gasteiger partial charge in [-0.3, -0.25) is 4.68 Å². The molecule has 0 saturated carbocycles. The highest BCUT2D eigenvalue weighted by Crippen LogP contribution is 2.26. The number of carbonyl (C=O) groups is 1. The van der Waals surface area contributed by atoms with E-state index in [-0.39, 0.29) is 5.69 Å². The molecule has 0 unspecified atom stereocenters. The van der Waals surface area contributed by atoms with Crippen molar-refractivity contribution in [2.75, 3.05) is 0 Å². The van der Waals surface area contributed by atoms with Crippen LogP contribution in [0.25, 0.3) is 10.9 Å². The number of benzene rings is 1. The van der Waals surface area contributed by atoms with Crippen molar-refractivity contribution in [2.45, 2.75) is 25.8 Å². The molecule has 2 heterocycles. The first kappa shape index (κ1) is 9.39. The van der Waals surface area contributed by atoms with E-state index in [0.29, 0.717) is 0 Å². The summed E-state index contributed by atoms with van der Waals surface area (Å²) in [5.41, 5.74) is 2.41. The number of aromatic carboxylic acids is 1. The number of aryl methyl sites for hydroxylation is 2. The van der Waals surface area contributed by atoms with Crippen molar-refractivity contribution < 1.29 is 9.90 Å². The molecule has 0 aliphatic carbocycles. The topological polar surface area (TPSA) is 55.1 Å². The predicted molar refractivity (Wildman–Crippen MR) is 59.6 cm³/mol. The Bertz CT molecular complexity index is 572. The normalized spacial score (nSPS) is 15.0. The Labute approximate surface area is 92.5 Å². The summed E-state index contributed by atoms with van der Waals surface area (Å²) in [4.78, 5) is 11.1. The van der Waals surface area contributed by atoms with Crippen molar-refractivity contribution in [2.24, 2.45) is 0 Å². The number of nitrogens with zero attached hydrogens (tertiary/aromatic N) is 2. The first-order valence-corrected chi connectivity index (χ1v) is 5.49. The molecular weight excluding hydrogens is 204 g/mol. The molecule has 0 amide bonds. The van der Waals surface area contributed by atoms with Crippen LogP contribution < -0.4 is 0 Å². The van der Waals surface area contributed by atoms with Gasteiger partial charge in [0.15, 0.2) is 5.69 Å². The summed E-state index contributed by atoms with van der Waals surface area (Å²) >= 11 is 0. The van der Waals surface area contributed by atoms with E-state index in [4.69, 9.17) is 5.11 Å². The third-order valence-electron chi connectivity index (χ3n) is 3.12. The molecule has 3 rings (SSSR count). The first-order valence-electron chi connectivity index (χ1n) is 5.49. The van der Waals surface area contributed by atoms with Crippen LogP contribution in [0.3, 0.4) is 0 Å². The maximum atomic E-state index is 11.1. The highest BCUT2D eigenvalue weighted by atomic mass is 16.4. The highest BCUT2D eigenvalue weighted by molar-refractivity contribution is 6.02. The number of carboxylic acids is 1. The molecule has 1 aromatic heterocycles. The Morgan fingerprint density at radius 2 is 2.25 bits per heavy atom. The van der Waals surface area contributed by atoms with Crippen LogP contribution in [0, 0.1) is 0 Å². The fourth-order valence-corrected chi connectivity index (χ4v) is 2.41. The second-order valence-corrected chi connectivity index (χ2v) is 4.15. The Balaban J connectivity index is 2.38. The van der Waals surface area contributed by atoms with Gasteiger partial charge in [-0.2, -0.15) is 5.10 Å². The lowest BCUT2D eigenvalue weighted by molar-refractivity contribution is 0.0691. The lowest BCUT2D eigenvalue weighted by atomic mass is 10.1. The van der Waals surface area contributed by atoms with E-state index in [0.717, 1.165) is 36.7 Å². The van der Waals surface area contributed by atoms with Gasteiger partial charge in [0.1, 0.15) is 0 Å². The van der Waals surface area contributed by atoms with Gasteiger partial charge < -0.3 is 5.11 Å². The van der Waals surface area contributed by atoms with E-state index in [1.54, 1.807) is 0 Å². The molecule has 4 nitrogen and oxygen atoms in total. The Hall–Kier alpha value is -1.84. The molecule has 0 bridgehead atoms. The Morgan fingerprint density at radius 1 is 1.38 bits per heavy atom. The minimum atomic E-state index is -0.943. The van der Waals surface area contributed by atoms with Crippen molar-refractivity contribution in [1.29, 1.82) is 0 Å². The van der Waals surface area contributed by atoms with E-state index in [1.165, 1.54) is 5.56 Å². The molecule has 0 fully saturated rings. The van der Waals surface area contributed by atoms with Gasteiger partial charge in [0.05, 0.1) is 5.52 Å². The largest absolute Gasteiger partial charge is 0.476 e. The van der Waals surface area contributed by atoms with E-state index in [9.17, 15) is 4.79 Å². The molecular formula is C12H12N2O2. The second kappa shape index (κ2) is 3.33. The maximum absolute atomic E-state index is 11.1. The van der Waals surface area contributed by atoms with Crippen molar-refractivity contribution in [1.82, 2.24) is 9.78 Å². The molecule has 16 heavy (non-hydrogen) atoms. The van der Waals surface area contributed by atoms with E-state index in [1.807, 2.05) is 16.8 Å². The van der Waals surface area contributed by atoms with Crippen LogP contribution in [-0.4, -0.2) is 20.9 Å². The SMILES string of the molecule is O=C(O)c1nn2c3c(cccc13)CCCC2. The van der Waals surface area contributed by atoms with Crippen LogP contribution in [0.2, 0.25) is 0 Å². The van der Waals surface area contributed by atoms with Crippen LogP contribution >= 0.6 is 0 Å². The van der Waals surface area contributed by atoms with Crippen molar-refractivity contribution in [3.05, 3.63) is 29.5 Å². The van der Waals surface area contributed by atoms with Crippen LogP contribution in [0.5, 0.6) is 0 Å². The summed E-state index contributed by atoms with van der Waals surface area (Å²) in [6, 6.07) is 5.83. The smallest absolute Gasteiger partial charge is 0.357 e. The van der Waals surface area contributed by atoms with Gasteiger partial charge in [-0.05, 0) is 24.8 Å². The molecule has 1 aliphatic heterocycles. The number of hydrogen-bond acceptors (Lipinski definition) is 2. The number of rotatable bonds is 1. The quantitative estimate of drug-likeness (QED) is 0.793. The number of hydrogen-bond donors (Lipinski definition) is 1. The Morgan fingerprint density at radius 3 is 3.06 bits per heavy atom. The van der Waals surface area contributed by atoms with Crippen LogP contribution in [0.15, 0.2) is 18.2 Å². The molecule has 0 atom stereocenters. The van der Waals surface area contributed by atoms with Crippen molar-refractivity contribution in [3.8, 4) is 0 Å². The lowest BCUT2D eigenvalue weighted by Crippen LogP contribution is -2.02. The molecule has 82 valence electrons. The van der Waals surface area contributed by atoms with E-state index in [2.05, 4.69) is 11.2 Å². The second-order valence-electron chi connectivity index (χ2n) is 4.15. The van der Waals surface area contributed by atoms with Gasteiger partial charge in [-0.1, -0.05) is 18.2 Å². The molecule has 1 aliphatic rings. The van der Waals surface area contributed by atoms with Gasteiger partial charge in [0.2, 0.25) is 0 Å². The summed E-state index contributed by atoms with van der Waals surface area (Å²) in [7, 11) is 0. The molecule has 0 radical (unpaired) electrons. The maximum Gasteiger partial charge on any atom is 0.357 e. The highest BCUT2D eigenvalue weighted by Gasteiger charge is 2.19. The predicted octanol–water partition coefficient (Wildman–Crippen LogP) is 2.07. The van der Waals surface area contributed by atoms with E-state index < -0.39 is 5.97 Å². The van der Waals surface area contributed by atoms with Gasteiger partial charge in [-0.15, -0.1) is 0 Å². The number of para-hydroxylation sites is 1. The zero-order chi connectivity index (χ0) is 11.1. The molecule has 2 aromatic rings. The van der Waals surface area contributed by atoms with Gasteiger partial charge >= 0.3 is 5.97 Å². The van der Waals surface area contributed by atoms with E-state index >= 15 is 0 Å². The van der Waals surface area contributed by atoms with Crippen LogP contribution in [0.4, 0.5) is 0 Å². The number of aromatic nitrogens is 2. The molecule has 0 saturated heterocycles. The monoisotopic (exact) mass is 216 g/mol. The van der Waals surface area contributed by atoms with Crippen molar-refractivity contribution >= 4 is 16.9 Å². The van der Waals surface area contributed by atoms with Crippen LogP contribution in [-0.2, 0) is 13.0 Å². The summed E-state index contributed by atoms with van der Waals surface area (Å²) in [5, 5.41) is 14.1. The van der Waals surface area contributed by atoms with Gasteiger partial charge in [0, 0.05) is 11.9 Å². The fraction of sp³-hybridized carbons (Fsp3) is 0.333. The standard InChI is InChI=1S/C12H12N2O2/c15-12(16)10-9-6-3-5-8-4-1-2-7-14(13-10)11(8)9/h3,5-6H,1-2,4,7H2,(H,15,16). The molecule has 1 aromatic carbocycles. The first-order chi connectivity index (χ1) is 7.77. The summed E-state index contributed by atoms with van der Waals surface area (Å²) in [5.74, 6) is -0.943. The minimum Gasteiger partial charge on any atom is -0.476 e. The zero-order valence-electron chi connectivity index (χ0n) is 8.81. The lowest BCUT2D eigenvalue weighted by Gasteiger charge is -2.00. The third kappa shape index (κ3) is 1.23. The van der Waals surface area contributed by atoms with Gasteiger partial charge in [-0.25, -0.2) is 4.79 Å². The molecule has 1 N–H and O–H groups in total. The van der Waals surface area contributed by atoms with Gasteiger partial charge in [0.25, 0.3) is 0 Å². The van der Waals surface area contributed by atoms with Crippen molar-refractivity contribution in [3.63, 3.8) is 0 Å². The number of carboxylic acid groups (broad SMARTS) is 1. The molecule has 0 spiro atoms. The average Bonchev–Trinajstić information content (AvgIpc) is 2.51. The zero-order valence-corrected chi connectivity index (χ0v) is 8.81. The molecule has 4 heteroatoms. The Kier molecular flexibility index (Phi) is 1.96. The van der Waals surface area contributed by atoms with Crippen LogP contribution in [0.1, 0.15) is 28.9 Å². The third-order valence-corrected chi connectivity index (χ3v) is 3.12.